The third kappa shape index (κ3) is 3.59. The summed E-state index contributed by atoms with van der Waals surface area (Å²) in [4.78, 5) is 18.0. The molecular weight excluding hydrogens is 312 g/mol. The minimum atomic E-state index is -0.149. The molecule has 2 heterocycles. The van der Waals surface area contributed by atoms with E-state index in [0.717, 1.165) is 26.9 Å². The Hall–Kier alpha value is -2.61. The van der Waals surface area contributed by atoms with Crippen LogP contribution in [0.4, 0.5) is 5.69 Å². The molecule has 0 saturated heterocycles. The number of benzene rings is 1. The van der Waals surface area contributed by atoms with Gasteiger partial charge in [0.05, 0.1) is 16.3 Å². The Kier molecular flexibility index (Phi) is 4.42. The predicted molar refractivity (Wildman–Crippen MR) is 87.3 cm³/mol. The molecule has 0 aliphatic rings. The molecule has 8 heteroatoms. The number of aromatic amines is 1. The molecule has 2 aromatic heterocycles. The Morgan fingerprint density at radius 1 is 1.35 bits per heavy atom. The first-order valence-electron chi connectivity index (χ1n) is 7.04. The van der Waals surface area contributed by atoms with Crippen LogP contribution in [0.3, 0.4) is 0 Å². The smallest absolute Gasteiger partial charge is 0.246 e. The van der Waals surface area contributed by atoms with Crippen LogP contribution in [0.25, 0.3) is 0 Å². The molecule has 0 atom stereocenters. The van der Waals surface area contributed by atoms with E-state index in [1.807, 2.05) is 38.1 Å². The number of hydrogen-bond donors (Lipinski definition) is 2. The van der Waals surface area contributed by atoms with Crippen LogP contribution in [0.5, 0.6) is 0 Å². The fourth-order valence-corrected chi connectivity index (χ4v) is 3.10. The first kappa shape index (κ1) is 15.3. The van der Waals surface area contributed by atoms with Crippen LogP contribution in [-0.2, 0) is 11.3 Å². The van der Waals surface area contributed by atoms with E-state index in [9.17, 15) is 4.79 Å². The molecule has 0 radical (unpaired) electrons. The Morgan fingerprint density at radius 3 is 2.87 bits per heavy atom. The lowest BCUT2D eigenvalue weighted by atomic mass is 10.3. The van der Waals surface area contributed by atoms with Gasteiger partial charge in [0.15, 0.2) is 0 Å². The average molecular weight is 328 g/mol. The Morgan fingerprint density at radius 2 is 2.17 bits per heavy atom. The zero-order valence-electron chi connectivity index (χ0n) is 12.8. The van der Waals surface area contributed by atoms with E-state index in [-0.39, 0.29) is 12.5 Å². The van der Waals surface area contributed by atoms with Gasteiger partial charge < -0.3 is 5.32 Å². The molecule has 0 unspecified atom stereocenters. The largest absolute Gasteiger partial charge is 0.323 e. The minimum absolute atomic E-state index is 0.128. The summed E-state index contributed by atoms with van der Waals surface area (Å²) in [5, 5.41) is 14.0. The average Bonchev–Trinajstić information content (AvgIpc) is 3.14. The Labute approximate surface area is 137 Å². The molecule has 0 aliphatic heterocycles. The highest BCUT2D eigenvalue weighted by Gasteiger charge is 2.12. The highest BCUT2D eigenvalue weighted by Crippen LogP contribution is 2.36. The number of amides is 1. The maximum absolute atomic E-state index is 12.1. The molecule has 3 aromatic rings. The second-order valence-corrected chi connectivity index (χ2v) is 6.05. The highest BCUT2D eigenvalue weighted by atomic mass is 32.2. The Bertz CT molecular complexity index is 792. The van der Waals surface area contributed by atoms with Crippen molar-refractivity contribution < 1.29 is 4.79 Å². The first-order valence-corrected chi connectivity index (χ1v) is 7.86. The summed E-state index contributed by atoms with van der Waals surface area (Å²) < 4.78 is 1.48. The van der Waals surface area contributed by atoms with E-state index in [2.05, 4.69) is 25.6 Å². The lowest BCUT2D eigenvalue weighted by Crippen LogP contribution is -2.19. The topological polar surface area (TPSA) is 88.5 Å². The maximum Gasteiger partial charge on any atom is 0.246 e. The second kappa shape index (κ2) is 6.66. The van der Waals surface area contributed by atoms with E-state index in [1.165, 1.54) is 17.3 Å². The van der Waals surface area contributed by atoms with Crippen molar-refractivity contribution in [3.63, 3.8) is 0 Å². The molecule has 1 aromatic carbocycles. The van der Waals surface area contributed by atoms with Crippen molar-refractivity contribution in [1.82, 2.24) is 25.0 Å². The molecule has 2 N–H and O–H groups in total. The van der Waals surface area contributed by atoms with Gasteiger partial charge in [0, 0.05) is 10.6 Å². The summed E-state index contributed by atoms with van der Waals surface area (Å²) in [5.41, 5.74) is 2.72. The molecule has 0 saturated carbocycles. The van der Waals surface area contributed by atoms with Crippen LogP contribution >= 0.6 is 11.8 Å². The molecule has 0 fully saturated rings. The molecule has 23 heavy (non-hydrogen) atoms. The molecule has 1 amide bonds. The number of aromatic nitrogens is 5. The van der Waals surface area contributed by atoms with Gasteiger partial charge in [-0.1, -0.05) is 23.9 Å². The number of para-hydroxylation sites is 1. The van der Waals surface area contributed by atoms with Crippen molar-refractivity contribution in [1.29, 1.82) is 0 Å². The van der Waals surface area contributed by atoms with Crippen LogP contribution in [0, 0.1) is 13.8 Å². The van der Waals surface area contributed by atoms with Crippen LogP contribution in [0.15, 0.2) is 46.7 Å². The maximum atomic E-state index is 12.1. The lowest BCUT2D eigenvalue weighted by Gasteiger charge is -2.10. The van der Waals surface area contributed by atoms with E-state index in [1.54, 1.807) is 11.8 Å². The Balaban J connectivity index is 1.77. The molecule has 0 spiro atoms. The van der Waals surface area contributed by atoms with E-state index >= 15 is 0 Å². The normalized spacial score (nSPS) is 10.7. The zero-order chi connectivity index (χ0) is 16.2. The van der Waals surface area contributed by atoms with Gasteiger partial charge in [0.1, 0.15) is 19.2 Å². The van der Waals surface area contributed by atoms with E-state index in [0.29, 0.717) is 0 Å². The summed E-state index contributed by atoms with van der Waals surface area (Å²) in [6, 6.07) is 7.69. The summed E-state index contributed by atoms with van der Waals surface area (Å²) in [6.07, 6.45) is 2.92. The van der Waals surface area contributed by atoms with Crippen molar-refractivity contribution in [3.8, 4) is 0 Å². The van der Waals surface area contributed by atoms with Gasteiger partial charge in [-0.25, -0.2) is 9.67 Å². The number of aryl methyl sites for hydroxylation is 2. The van der Waals surface area contributed by atoms with E-state index < -0.39 is 0 Å². The monoisotopic (exact) mass is 328 g/mol. The number of nitrogens with zero attached hydrogens (tertiary/aromatic N) is 4. The van der Waals surface area contributed by atoms with Gasteiger partial charge in [-0.15, -0.1) is 0 Å². The van der Waals surface area contributed by atoms with Crippen molar-refractivity contribution in [3.05, 3.63) is 48.3 Å². The molecule has 0 aliphatic carbocycles. The van der Waals surface area contributed by atoms with Crippen LogP contribution in [-0.4, -0.2) is 30.9 Å². The molecule has 3 rings (SSSR count). The summed E-state index contributed by atoms with van der Waals surface area (Å²) in [5.74, 6) is -0.149. The lowest BCUT2D eigenvalue weighted by molar-refractivity contribution is -0.116. The van der Waals surface area contributed by atoms with E-state index in [4.69, 9.17) is 0 Å². The third-order valence-corrected chi connectivity index (χ3v) is 4.59. The summed E-state index contributed by atoms with van der Waals surface area (Å²) in [7, 11) is 0. The summed E-state index contributed by atoms with van der Waals surface area (Å²) in [6.45, 7) is 4.06. The first-order chi connectivity index (χ1) is 11.1. The van der Waals surface area contributed by atoms with Gasteiger partial charge in [-0.3, -0.25) is 9.89 Å². The molecule has 0 bridgehead atoms. The van der Waals surface area contributed by atoms with Crippen LogP contribution in [0.2, 0.25) is 0 Å². The zero-order valence-corrected chi connectivity index (χ0v) is 13.6. The number of H-pyrrole nitrogens is 1. The van der Waals surface area contributed by atoms with Crippen LogP contribution < -0.4 is 5.32 Å². The third-order valence-electron chi connectivity index (χ3n) is 3.21. The van der Waals surface area contributed by atoms with Gasteiger partial charge >= 0.3 is 0 Å². The number of rotatable bonds is 5. The minimum Gasteiger partial charge on any atom is -0.323 e. The second-order valence-electron chi connectivity index (χ2n) is 5.00. The van der Waals surface area contributed by atoms with Gasteiger partial charge in [-0.05, 0) is 26.0 Å². The molecule has 118 valence electrons. The highest BCUT2D eigenvalue weighted by molar-refractivity contribution is 7.99. The van der Waals surface area contributed by atoms with Crippen molar-refractivity contribution in [2.24, 2.45) is 0 Å². The predicted octanol–water partition coefficient (Wildman–Crippen LogP) is 2.41. The molecule has 7 nitrogen and oxygen atoms in total. The fourth-order valence-electron chi connectivity index (χ4n) is 2.11. The number of anilines is 1. The SMILES string of the molecule is Cc1n[nH]c(C)c1Sc1ccccc1NC(=O)Cn1cncn1. The number of carbonyl (C=O) groups excluding carboxylic acids is 1. The fraction of sp³-hybridized carbons (Fsp3) is 0.200. The summed E-state index contributed by atoms with van der Waals surface area (Å²) >= 11 is 1.58. The number of nitrogens with one attached hydrogen (secondary N) is 2. The quantitative estimate of drug-likeness (QED) is 0.751. The van der Waals surface area contributed by atoms with Gasteiger partial charge in [0.2, 0.25) is 5.91 Å². The van der Waals surface area contributed by atoms with Gasteiger partial charge in [-0.2, -0.15) is 10.2 Å². The van der Waals surface area contributed by atoms with Crippen molar-refractivity contribution >= 4 is 23.4 Å². The number of carbonyl (C=O) groups is 1. The molecular formula is C15H16N6OS. The van der Waals surface area contributed by atoms with Crippen LogP contribution in [0.1, 0.15) is 11.4 Å². The standard InChI is InChI=1S/C15H16N6OS/c1-10-15(11(2)20-19-10)23-13-6-4-3-5-12(13)18-14(22)7-21-9-16-8-17-21/h3-6,8-9H,7H2,1-2H3,(H,18,22)(H,19,20). The van der Waals surface area contributed by atoms with Gasteiger partial charge in [0.25, 0.3) is 0 Å². The number of hydrogen-bond acceptors (Lipinski definition) is 5. The van der Waals surface area contributed by atoms with Crippen molar-refractivity contribution in [2.45, 2.75) is 30.2 Å². The van der Waals surface area contributed by atoms with Crippen molar-refractivity contribution in [2.75, 3.05) is 5.32 Å².